The first-order valence-corrected chi connectivity index (χ1v) is 5.41. The van der Waals surface area contributed by atoms with Gasteiger partial charge in [-0.1, -0.05) is 19.8 Å². The van der Waals surface area contributed by atoms with Gasteiger partial charge in [-0.25, -0.2) is 14.0 Å². The molecule has 1 atom stereocenters. The maximum Gasteiger partial charge on any atom is 0.354 e. The van der Waals surface area contributed by atoms with Gasteiger partial charge in [-0.3, -0.25) is 5.73 Å². The molecule has 0 fully saturated rings. The van der Waals surface area contributed by atoms with E-state index in [0.717, 1.165) is 19.0 Å². The van der Waals surface area contributed by atoms with E-state index in [-0.39, 0.29) is 6.61 Å². The van der Waals surface area contributed by atoms with Gasteiger partial charge in [0, 0.05) is 6.20 Å². The van der Waals surface area contributed by atoms with Crippen molar-refractivity contribution in [3.05, 3.63) is 12.0 Å². The van der Waals surface area contributed by atoms with Gasteiger partial charge in [0.1, 0.15) is 0 Å². The molecule has 1 heterocycles. The predicted molar refractivity (Wildman–Crippen MR) is 58.3 cm³/mol. The van der Waals surface area contributed by atoms with Crippen LogP contribution in [0.5, 0.6) is 0 Å². The largest absolute Gasteiger partial charge is 0.463 e. The fourth-order valence-corrected chi connectivity index (χ4v) is 1.30. The average molecular weight is 245 g/mol. The Morgan fingerprint density at radius 2 is 2.29 bits per heavy atom. The van der Waals surface area contributed by atoms with Crippen LogP contribution in [0.25, 0.3) is 0 Å². The zero-order chi connectivity index (χ0) is 12.9. The summed E-state index contributed by atoms with van der Waals surface area (Å²) in [5, 5.41) is 4.04. The Morgan fingerprint density at radius 1 is 1.59 bits per heavy atom. The Kier molecular flexibility index (Phi) is 4.45. The van der Waals surface area contributed by atoms with Crippen LogP contribution < -0.4 is 16.4 Å². The standard InChI is InChI=1S/C10H16FN3O3/c1-2-3-4-5-17-8(15)10(12)7(11)6-13-9(16)14-10/h6H,2-5,12H2,1H3,(H2,13,14,16). The summed E-state index contributed by atoms with van der Waals surface area (Å²) >= 11 is 0. The molecule has 0 radical (unpaired) electrons. The zero-order valence-corrected chi connectivity index (χ0v) is 9.59. The normalized spacial score (nSPS) is 23.5. The molecule has 2 amide bonds. The van der Waals surface area contributed by atoms with E-state index in [0.29, 0.717) is 6.42 Å². The minimum atomic E-state index is -2.21. The van der Waals surface area contributed by atoms with E-state index >= 15 is 0 Å². The Bertz CT molecular complexity index is 346. The SMILES string of the molecule is CCCCCOC(=O)C1(N)NC(=O)NC=C1F. The second-order valence-corrected chi connectivity index (χ2v) is 3.74. The molecule has 0 saturated heterocycles. The van der Waals surface area contributed by atoms with Crippen LogP contribution in [0.4, 0.5) is 9.18 Å². The maximum atomic E-state index is 13.4. The Labute approximate surface area is 98.4 Å². The van der Waals surface area contributed by atoms with Crippen LogP contribution in [0.15, 0.2) is 12.0 Å². The van der Waals surface area contributed by atoms with Gasteiger partial charge < -0.3 is 15.4 Å². The highest BCUT2D eigenvalue weighted by Crippen LogP contribution is 2.16. The average Bonchev–Trinajstić information content (AvgIpc) is 2.29. The van der Waals surface area contributed by atoms with Gasteiger partial charge in [-0.15, -0.1) is 0 Å². The second-order valence-electron chi connectivity index (χ2n) is 3.74. The Hall–Kier alpha value is -1.63. The van der Waals surface area contributed by atoms with Crippen LogP contribution in [0.2, 0.25) is 0 Å². The fraction of sp³-hybridized carbons (Fsp3) is 0.600. The monoisotopic (exact) mass is 245 g/mol. The van der Waals surface area contributed by atoms with Gasteiger partial charge in [0.15, 0.2) is 5.83 Å². The second kappa shape index (κ2) is 5.62. The molecule has 0 aliphatic carbocycles. The Balaban J connectivity index is 2.57. The molecule has 6 nitrogen and oxygen atoms in total. The van der Waals surface area contributed by atoms with Crippen molar-refractivity contribution in [2.75, 3.05) is 6.61 Å². The van der Waals surface area contributed by atoms with Crippen molar-refractivity contribution < 1.29 is 18.7 Å². The van der Waals surface area contributed by atoms with Crippen molar-refractivity contribution in [1.29, 1.82) is 0 Å². The van der Waals surface area contributed by atoms with Crippen molar-refractivity contribution in [2.45, 2.75) is 31.8 Å². The number of esters is 1. The molecule has 1 aliphatic heterocycles. The molecular weight excluding hydrogens is 229 g/mol. The number of hydrogen-bond acceptors (Lipinski definition) is 4. The molecule has 0 aromatic heterocycles. The smallest absolute Gasteiger partial charge is 0.354 e. The molecule has 96 valence electrons. The van der Waals surface area contributed by atoms with E-state index in [1.165, 1.54) is 0 Å². The summed E-state index contributed by atoms with van der Waals surface area (Å²) in [5.41, 5.74) is 3.25. The maximum absolute atomic E-state index is 13.4. The molecule has 0 spiro atoms. The van der Waals surface area contributed by atoms with E-state index in [1.54, 1.807) is 0 Å². The first-order chi connectivity index (χ1) is 8.00. The highest BCUT2D eigenvalue weighted by atomic mass is 19.1. The van der Waals surface area contributed by atoms with Crippen molar-refractivity contribution in [2.24, 2.45) is 5.73 Å². The summed E-state index contributed by atoms with van der Waals surface area (Å²) in [6, 6.07) is -0.751. The topological polar surface area (TPSA) is 93.4 Å². The quantitative estimate of drug-likeness (QED) is 0.485. The number of rotatable bonds is 5. The number of halogens is 1. The molecule has 0 bridgehead atoms. The lowest BCUT2D eigenvalue weighted by Crippen LogP contribution is -2.66. The molecule has 17 heavy (non-hydrogen) atoms. The molecule has 0 aromatic rings. The summed E-state index contributed by atoms with van der Waals surface area (Å²) in [6.07, 6.45) is 3.29. The third-order valence-electron chi connectivity index (χ3n) is 2.32. The van der Waals surface area contributed by atoms with Gasteiger partial charge >= 0.3 is 12.0 Å². The summed E-state index contributed by atoms with van der Waals surface area (Å²) in [7, 11) is 0. The Morgan fingerprint density at radius 3 is 2.94 bits per heavy atom. The van der Waals surface area contributed by atoms with Gasteiger partial charge in [0.05, 0.1) is 6.61 Å². The van der Waals surface area contributed by atoms with Crippen molar-refractivity contribution >= 4 is 12.0 Å². The molecule has 7 heteroatoms. The summed E-state index contributed by atoms with van der Waals surface area (Å²) in [4.78, 5) is 22.6. The summed E-state index contributed by atoms with van der Waals surface area (Å²) < 4.78 is 18.2. The van der Waals surface area contributed by atoms with Crippen LogP contribution in [-0.4, -0.2) is 24.3 Å². The van der Waals surface area contributed by atoms with Crippen LogP contribution in [-0.2, 0) is 9.53 Å². The molecule has 0 saturated carbocycles. The number of urea groups is 1. The molecule has 1 aliphatic rings. The number of carbonyl (C=O) groups is 2. The van der Waals surface area contributed by atoms with Crippen molar-refractivity contribution in [1.82, 2.24) is 10.6 Å². The lowest BCUT2D eigenvalue weighted by molar-refractivity contribution is -0.150. The number of nitrogens with one attached hydrogen (secondary N) is 2. The number of hydrogen-bond donors (Lipinski definition) is 3. The van der Waals surface area contributed by atoms with E-state index in [1.807, 2.05) is 17.6 Å². The first kappa shape index (κ1) is 13.4. The van der Waals surface area contributed by atoms with Crippen LogP contribution >= 0.6 is 0 Å². The predicted octanol–water partition coefficient (Wildman–Crippen LogP) is 0.498. The number of carbonyl (C=O) groups excluding carboxylic acids is 2. The third-order valence-corrected chi connectivity index (χ3v) is 2.32. The fourth-order valence-electron chi connectivity index (χ4n) is 1.30. The molecule has 4 N–H and O–H groups in total. The lowest BCUT2D eigenvalue weighted by Gasteiger charge is -2.29. The number of unbranched alkanes of at least 4 members (excludes halogenated alkanes) is 2. The molecular formula is C10H16FN3O3. The molecule has 0 aromatic carbocycles. The zero-order valence-electron chi connectivity index (χ0n) is 9.59. The minimum Gasteiger partial charge on any atom is -0.463 e. The lowest BCUT2D eigenvalue weighted by atomic mass is 10.1. The van der Waals surface area contributed by atoms with E-state index in [4.69, 9.17) is 10.5 Å². The van der Waals surface area contributed by atoms with Crippen molar-refractivity contribution in [3.63, 3.8) is 0 Å². The van der Waals surface area contributed by atoms with E-state index in [2.05, 4.69) is 0 Å². The third kappa shape index (κ3) is 3.16. The number of ether oxygens (including phenoxy) is 1. The summed E-state index contributed by atoms with van der Waals surface area (Å²) in [5.74, 6) is -1.99. The number of nitrogens with two attached hydrogens (primary N) is 1. The van der Waals surface area contributed by atoms with Gasteiger partial charge in [0.25, 0.3) is 0 Å². The minimum absolute atomic E-state index is 0.155. The molecule has 1 unspecified atom stereocenters. The summed E-state index contributed by atoms with van der Waals surface area (Å²) in [6.45, 7) is 2.16. The highest BCUT2D eigenvalue weighted by Gasteiger charge is 2.44. The highest BCUT2D eigenvalue weighted by molar-refractivity contribution is 5.91. The van der Waals surface area contributed by atoms with Crippen LogP contribution in [0.3, 0.4) is 0 Å². The van der Waals surface area contributed by atoms with Gasteiger partial charge in [0.2, 0.25) is 5.66 Å². The van der Waals surface area contributed by atoms with Gasteiger partial charge in [-0.05, 0) is 6.42 Å². The van der Waals surface area contributed by atoms with E-state index in [9.17, 15) is 14.0 Å². The van der Waals surface area contributed by atoms with E-state index < -0.39 is 23.5 Å². The first-order valence-electron chi connectivity index (χ1n) is 5.41. The van der Waals surface area contributed by atoms with Crippen LogP contribution in [0.1, 0.15) is 26.2 Å². The van der Waals surface area contributed by atoms with Crippen LogP contribution in [0, 0.1) is 0 Å². The molecule has 1 rings (SSSR count). The van der Waals surface area contributed by atoms with Crippen molar-refractivity contribution in [3.8, 4) is 0 Å². The van der Waals surface area contributed by atoms with Gasteiger partial charge in [-0.2, -0.15) is 0 Å². The number of amides is 2.